The summed E-state index contributed by atoms with van der Waals surface area (Å²) >= 11 is 16.5. The number of hydrogen-bond acceptors (Lipinski definition) is 4. The van der Waals surface area contributed by atoms with Gasteiger partial charge in [0.05, 0.1) is 26.5 Å². The van der Waals surface area contributed by atoms with Crippen LogP contribution in [0.2, 0.25) is 5.02 Å². The Morgan fingerprint density at radius 1 is 1.07 bits per heavy atom. The van der Waals surface area contributed by atoms with Gasteiger partial charge in [0, 0.05) is 10.0 Å². The zero-order valence-electron chi connectivity index (χ0n) is 14.8. The van der Waals surface area contributed by atoms with E-state index in [0.29, 0.717) is 10.6 Å². The summed E-state index contributed by atoms with van der Waals surface area (Å²) in [5.41, 5.74) is 2.93. The number of anilines is 1. The van der Waals surface area contributed by atoms with Crippen molar-refractivity contribution in [3.63, 3.8) is 0 Å². The molecule has 0 bridgehead atoms. The molecule has 0 aliphatic rings. The molecule has 4 rings (SSSR count). The molecule has 0 atom stereocenters. The summed E-state index contributed by atoms with van der Waals surface area (Å²) in [5.74, 6) is -0.369. The highest BCUT2D eigenvalue weighted by Gasteiger charge is 2.15. The number of halogens is 2. The normalized spacial score (nSPS) is 10.7. The number of hydrogen-bond donors (Lipinski definition) is 2. The highest BCUT2D eigenvalue weighted by atomic mass is 79.9. The quantitative estimate of drug-likeness (QED) is 0.314. The zero-order chi connectivity index (χ0) is 20.4. The van der Waals surface area contributed by atoms with Crippen LogP contribution in [0.5, 0.6) is 0 Å². The van der Waals surface area contributed by atoms with E-state index in [4.69, 9.17) is 28.8 Å². The van der Waals surface area contributed by atoms with Gasteiger partial charge >= 0.3 is 0 Å². The third-order valence-corrected chi connectivity index (χ3v) is 6.20. The van der Waals surface area contributed by atoms with E-state index in [9.17, 15) is 4.79 Å². The lowest BCUT2D eigenvalue weighted by Crippen LogP contribution is -2.34. The Bertz CT molecular complexity index is 1210. The van der Waals surface area contributed by atoms with Crippen molar-refractivity contribution in [1.82, 2.24) is 10.3 Å². The molecule has 0 unspecified atom stereocenters. The Balaban J connectivity index is 1.60. The van der Waals surface area contributed by atoms with Crippen molar-refractivity contribution in [2.24, 2.45) is 0 Å². The fourth-order valence-electron chi connectivity index (χ4n) is 2.76. The molecular formula is C21H13BrClN3OS2. The molecule has 1 aromatic heterocycles. The van der Waals surface area contributed by atoms with Crippen molar-refractivity contribution < 1.29 is 4.79 Å². The van der Waals surface area contributed by atoms with Crippen LogP contribution < -0.4 is 10.6 Å². The number of rotatable bonds is 3. The number of aromatic nitrogens is 1. The van der Waals surface area contributed by atoms with Gasteiger partial charge in [0.25, 0.3) is 5.91 Å². The van der Waals surface area contributed by atoms with E-state index in [0.717, 1.165) is 30.9 Å². The second-order valence-electron chi connectivity index (χ2n) is 6.06. The molecule has 1 amide bonds. The maximum absolute atomic E-state index is 12.5. The first kappa shape index (κ1) is 20.0. The van der Waals surface area contributed by atoms with E-state index in [1.807, 2.05) is 42.5 Å². The van der Waals surface area contributed by atoms with E-state index < -0.39 is 0 Å². The molecule has 0 spiro atoms. The third kappa shape index (κ3) is 4.48. The molecule has 3 aromatic carbocycles. The standard InChI is InChI=1S/C21H13BrClN3OS2/c22-12-9-10-16(14(11-12)20-24-17-7-3-4-8-18(17)29-20)25-21(28)26-19(27)13-5-1-2-6-15(13)23/h1-11H,(H2,25,26,27,28). The van der Waals surface area contributed by atoms with Crippen molar-refractivity contribution in [2.75, 3.05) is 5.32 Å². The second-order valence-corrected chi connectivity index (χ2v) is 8.83. The predicted octanol–water partition coefficient (Wildman–Crippen LogP) is 6.51. The Kier molecular flexibility index (Phi) is 5.91. The van der Waals surface area contributed by atoms with Gasteiger partial charge in [-0.25, -0.2) is 4.98 Å². The number of benzene rings is 3. The van der Waals surface area contributed by atoms with Gasteiger partial charge in [0.15, 0.2) is 5.11 Å². The van der Waals surface area contributed by atoms with Crippen molar-refractivity contribution in [3.8, 4) is 10.6 Å². The lowest BCUT2D eigenvalue weighted by molar-refractivity contribution is 0.0978. The largest absolute Gasteiger partial charge is 0.332 e. The molecule has 0 radical (unpaired) electrons. The summed E-state index contributed by atoms with van der Waals surface area (Å²) in [6.45, 7) is 0. The zero-order valence-corrected chi connectivity index (χ0v) is 18.8. The molecule has 0 aliphatic heterocycles. The number of para-hydroxylation sites is 1. The molecule has 0 aliphatic carbocycles. The molecule has 8 heteroatoms. The highest BCUT2D eigenvalue weighted by Crippen LogP contribution is 2.36. The number of thiocarbonyl (C=S) groups is 1. The van der Waals surface area contributed by atoms with Gasteiger partial charge in [-0.05, 0) is 54.7 Å². The fraction of sp³-hybridized carbons (Fsp3) is 0. The van der Waals surface area contributed by atoms with Gasteiger partial charge in [-0.3, -0.25) is 10.1 Å². The number of nitrogens with one attached hydrogen (secondary N) is 2. The van der Waals surface area contributed by atoms with Crippen LogP contribution in [-0.2, 0) is 0 Å². The van der Waals surface area contributed by atoms with Gasteiger partial charge in [0.1, 0.15) is 5.01 Å². The first-order chi connectivity index (χ1) is 14.0. The topological polar surface area (TPSA) is 54.0 Å². The average Bonchev–Trinajstić information content (AvgIpc) is 3.13. The van der Waals surface area contributed by atoms with Crippen LogP contribution in [-0.4, -0.2) is 16.0 Å². The lowest BCUT2D eigenvalue weighted by Gasteiger charge is -2.13. The summed E-state index contributed by atoms with van der Waals surface area (Å²) < 4.78 is 2.02. The smallest absolute Gasteiger partial charge is 0.258 e. The van der Waals surface area contributed by atoms with Crippen LogP contribution >= 0.6 is 51.1 Å². The molecule has 4 aromatic rings. The van der Waals surface area contributed by atoms with Gasteiger partial charge in [-0.15, -0.1) is 11.3 Å². The number of fused-ring (bicyclic) bond motifs is 1. The van der Waals surface area contributed by atoms with Crippen molar-refractivity contribution in [2.45, 2.75) is 0 Å². The summed E-state index contributed by atoms with van der Waals surface area (Å²) in [5, 5.41) is 7.18. The molecule has 2 N–H and O–H groups in total. The number of carbonyl (C=O) groups excluding carboxylic acids is 1. The minimum atomic E-state index is -0.369. The maximum atomic E-state index is 12.5. The predicted molar refractivity (Wildman–Crippen MR) is 128 cm³/mol. The second kappa shape index (κ2) is 8.59. The molecule has 0 saturated carbocycles. The van der Waals surface area contributed by atoms with Crippen LogP contribution in [0.4, 0.5) is 5.69 Å². The minimum Gasteiger partial charge on any atom is -0.332 e. The SMILES string of the molecule is O=C(NC(=S)Nc1ccc(Br)cc1-c1nc2ccccc2s1)c1ccccc1Cl. The van der Waals surface area contributed by atoms with Crippen LogP contribution in [0.1, 0.15) is 10.4 Å². The number of thiazole rings is 1. The van der Waals surface area contributed by atoms with E-state index in [1.54, 1.807) is 35.6 Å². The molecule has 1 heterocycles. The highest BCUT2D eigenvalue weighted by molar-refractivity contribution is 9.10. The van der Waals surface area contributed by atoms with Crippen molar-refractivity contribution in [3.05, 3.63) is 81.8 Å². The molecule has 29 heavy (non-hydrogen) atoms. The first-order valence-corrected chi connectivity index (χ1v) is 10.9. The summed E-state index contributed by atoms with van der Waals surface area (Å²) in [7, 11) is 0. The molecular weight excluding hydrogens is 490 g/mol. The molecule has 144 valence electrons. The third-order valence-electron chi connectivity index (χ3n) is 4.10. The maximum Gasteiger partial charge on any atom is 0.258 e. The number of amides is 1. The van der Waals surface area contributed by atoms with E-state index >= 15 is 0 Å². The van der Waals surface area contributed by atoms with E-state index in [1.165, 1.54) is 0 Å². The Labute approximate surface area is 190 Å². The van der Waals surface area contributed by atoms with E-state index in [2.05, 4.69) is 26.6 Å². The Morgan fingerprint density at radius 2 is 1.83 bits per heavy atom. The molecule has 0 saturated heterocycles. The summed E-state index contributed by atoms with van der Waals surface area (Å²) in [4.78, 5) is 17.2. The van der Waals surface area contributed by atoms with Crippen LogP contribution in [0, 0.1) is 0 Å². The van der Waals surface area contributed by atoms with Gasteiger partial charge in [-0.1, -0.05) is 51.8 Å². The van der Waals surface area contributed by atoms with Crippen LogP contribution in [0.25, 0.3) is 20.8 Å². The van der Waals surface area contributed by atoms with Crippen LogP contribution in [0.3, 0.4) is 0 Å². The van der Waals surface area contributed by atoms with Crippen LogP contribution in [0.15, 0.2) is 71.2 Å². The minimum absolute atomic E-state index is 0.180. The van der Waals surface area contributed by atoms with Gasteiger partial charge in [0.2, 0.25) is 0 Å². The number of nitrogens with zero attached hydrogens (tertiary/aromatic N) is 1. The van der Waals surface area contributed by atoms with Gasteiger partial charge < -0.3 is 5.32 Å². The van der Waals surface area contributed by atoms with Gasteiger partial charge in [-0.2, -0.15) is 0 Å². The molecule has 0 fully saturated rings. The van der Waals surface area contributed by atoms with Crippen molar-refractivity contribution in [1.29, 1.82) is 0 Å². The Hall–Kier alpha value is -2.32. The monoisotopic (exact) mass is 501 g/mol. The van der Waals surface area contributed by atoms with E-state index in [-0.39, 0.29) is 11.0 Å². The first-order valence-electron chi connectivity index (χ1n) is 8.53. The number of carbonyl (C=O) groups is 1. The Morgan fingerprint density at radius 3 is 2.62 bits per heavy atom. The van der Waals surface area contributed by atoms with Crippen molar-refractivity contribution >= 4 is 78.0 Å². The summed E-state index contributed by atoms with van der Waals surface area (Å²) in [6.07, 6.45) is 0. The fourth-order valence-corrected chi connectivity index (χ4v) is 4.54. The average molecular weight is 503 g/mol. The molecule has 4 nitrogen and oxygen atoms in total. The lowest BCUT2D eigenvalue weighted by atomic mass is 10.2. The summed E-state index contributed by atoms with van der Waals surface area (Å²) in [6, 6.07) is 20.5.